The molecule has 1 heterocycles. The molecule has 2 aromatic rings. The summed E-state index contributed by atoms with van der Waals surface area (Å²) in [6.07, 6.45) is 0.800. The minimum atomic E-state index is -0.472. The van der Waals surface area contributed by atoms with Gasteiger partial charge >= 0.3 is 0 Å². The second-order valence-corrected chi connectivity index (χ2v) is 4.06. The first-order valence-electron chi connectivity index (χ1n) is 6.36. The number of benzene rings is 1. The van der Waals surface area contributed by atoms with Crippen molar-refractivity contribution in [3.05, 3.63) is 54.0 Å². The smallest absolute Gasteiger partial charge is 0.214 e. The van der Waals surface area contributed by atoms with E-state index in [1.165, 1.54) is 6.07 Å². The normalized spacial score (nSPS) is 10.2. The van der Waals surface area contributed by atoms with Gasteiger partial charge in [-0.3, -0.25) is 0 Å². The highest BCUT2D eigenvalue weighted by Crippen LogP contribution is 2.18. The topological polar surface area (TPSA) is 34.1 Å². The molecule has 1 aromatic heterocycles. The fourth-order valence-corrected chi connectivity index (χ4v) is 1.84. The molecule has 2 rings (SSSR count). The fraction of sp³-hybridized carbons (Fsp3) is 0.267. The van der Waals surface area contributed by atoms with E-state index in [2.05, 4.69) is 10.3 Å². The number of hydrogen-bond donors (Lipinski definition) is 1. The first kappa shape index (κ1) is 13.3. The molecule has 0 fully saturated rings. The summed E-state index contributed by atoms with van der Waals surface area (Å²) in [6.45, 7) is 3.29. The van der Waals surface area contributed by atoms with Crippen molar-refractivity contribution < 1.29 is 9.13 Å². The van der Waals surface area contributed by atoms with Crippen LogP contribution in [0.15, 0.2) is 42.5 Å². The van der Waals surface area contributed by atoms with Gasteiger partial charge in [0.05, 0.1) is 6.61 Å². The van der Waals surface area contributed by atoms with Gasteiger partial charge in [-0.25, -0.2) is 4.98 Å². The van der Waals surface area contributed by atoms with Crippen LogP contribution < -0.4 is 10.1 Å². The summed E-state index contributed by atoms with van der Waals surface area (Å²) >= 11 is 0. The van der Waals surface area contributed by atoms with Gasteiger partial charge < -0.3 is 10.1 Å². The van der Waals surface area contributed by atoms with Crippen molar-refractivity contribution in [3.63, 3.8) is 0 Å². The predicted octanol–water partition coefficient (Wildman–Crippen LogP) is 3.27. The lowest BCUT2D eigenvalue weighted by Crippen LogP contribution is -2.08. The fourth-order valence-electron chi connectivity index (χ4n) is 1.84. The zero-order chi connectivity index (χ0) is 13.5. The highest BCUT2D eigenvalue weighted by molar-refractivity contribution is 5.36. The first-order chi connectivity index (χ1) is 9.29. The highest BCUT2D eigenvalue weighted by atomic mass is 19.1. The molecular weight excluding hydrogens is 243 g/mol. The summed E-state index contributed by atoms with van der Waals surface area (Å²) in [4.78, 5) is 3.75. The van der Waals surface area contributed by atoms with Crippen molar-refractivity contribution in [1.29, 1.82) is 0 Å². The van der Waals surface area contributed by atoms with Crippen molar-refractivity contribution in [2.75, 3.05) is 18.5 Å². The van der Waals surface area contributed by atoms with Gasteiger partial charge in [-0.05, 0) is 37.1 Å². The summed E-state index contributed by atoms with van der Waals surface area (Å²) in [6, 6.07) is 12.6. The monoisotopic (exact) mass is 260 g/mol. The minimum Gasteiger partial charge on any atom is -0.494 e. The number of nitrogens with one attached hydrogen (secondary N) is 1. The zero-order valence-corrected chi connectivity index (χ0v) is 10.9. The molecule has 1 aromatic carbocycles. The number of halogens is 1. The number of aromatic nitrogens is 1. The van der Waals surface area contributed by atoms with Crippen molar-refractivity contribution >= 4 is 5.82 Å². The van der Waals surface area contributed by atoms with Gasteiger partial charge in [0.25, 0.3) is 0 Å². The van der Waals surface area contributed by atoms with Crippen molar-refractivity contribution in [2.45, 2.75) is 13.3 Å². The summed E-state index contributed by atoms with van der Waals surface area (Å²) in [5.41, 5.74) is 1.13. The van der Waals surface area contributed by atoms with Crippen LogP contribution in [0.25, 0.3) is 0 Å². The Kier molecular flexibility index (Phi) is 4.72. The van der Waals surface area contributed by atoms with E-state index in [4.69, 9.17) is 4.74 Å². The van der Waals surface area contributed by atoms with Crippen molar-refractivity contribution in [1.82, 2.24) is 4.98 Å². The second-order valence-electron chi connectivity index (χ2n) is 4.06. The molecule has 4 heteroatoms. The van der Waals surface area contributed by atoms with Crippen LogP contribution in [-0.2, 0) is 6.42 Å². The molecule has 3 nitrogen and oxygen atoms in total. The molecule has 0 amide bonds. The maximum Gasteiger partial charge on any atom is 0.214 e. The van der Waals surface area contributed by atoms with Gasteiger partial charge in [0, 0.05) is 6.54 Å². The van der Waals surface area contributed by atoms with Gasteiger partial charge in [-0.2, -0.15) is 4.39 Å². The summed E-state index contributed by atoms with van der Waals surface area (Å²) in [5, 5.41) is 3.10. The average Bonchev–Trinajstić information content (AvgIpc) is 2.41. The Morgan fingerprint density at radius 2 is 2.00 bits per heavy atom. The van der Waals surface area contributed by atoms with E-state index in [1.54, 1.807) is 12.1 Å². The lowest BCUT2D eigenvalue weighted by Gasteiger charge is -2.10. The van der Waals surface area contributed by atoms with E-state index in [-0.39, 0.29) is 0 Å². The molecule has 19 heavy (non-hydrogen) atoms. The van der Waals surface area contributed by atoms with Gasteiger partial charge in [-0.1, -0.05) is 24.3 Å². The molecule has 1 N–H and O–H groups in total. The Morgan fingerprint density at radius 1 is 1.16 bits per heavy atom. The van der Waals surface area contributed by atoms with Crippen LogP contribution in [0, 0.1) is 5.95 Å². The Labute approximate surface area is 112 Å². The van der Waals surface area contributed by atoms with Gasteiger partial charge in [0.15, 0.2) is 0 Å². The van der Waals surface area contributed by atoms with E-state index in [9.17, 15) is 4.39 Å². The van der Waals surface area contributed by atoms with Gasteiger partial charge in [0.2, 0.25) is 5.95 Å². The van der Waals surface area contributed by atoms with E-state index in [0.717, 1.165) is 17.7 Å². The van der Waals surface area contributed by atoms with Crippen LogP contribution in [0.5, 0.6) is 5.75 Å². The van der Waals surface area contributed by atoms with E-state index in [1.807, 2.05) is 31.2 Å². The third kappa shape index (κ3) is 3.95. The molecule has 0 saturated heterocycles. The number of ether oxygens (including phenoxy) is 1. The lowest BCUT2D eigenvalue weighted by molar-refractivity contribution is 0.336. The summed E-state index contributed by atoms with van der Waals surface area (Å²) in [7, 11) is 0. The largest absolute Gasteiger partial charge is 0.494 e. The van der Waals surface area contributed by atoms with Crippen LogP contribution in [0.3, 0.4) is 0 Å². The molecule has 0 bridgehead atoms. The SMILES string of the molecule is CCOc1ccccc1CCNc1cccc(F)n1. The van der Waals surface area contributed by atoms with E-state index >= 15 is 0 Å². The Bertz CT molecular complexity index is 531. The maximum absolute atomic E-state index is 12.9. The van der Waals surface area contributed by atoms with E-state index < -0.39 is 5.95 Å². The standard InChI is InChI=1S/C15H17FN2O/c1-2-19-13-7-4-3-6-12(13)10-11-17-15-9-5-8-14(16)18-15/h3-9H,2,10-11H2,1H3,(H,17,18). The number of hydrogen-bond acceptors (Lipinski definition) is 3. The molecule has 0 aliphatic rings. The maximum atomic E-state index is 12.9. The van der Waals surface area contributed by atoms with E-state index in [0.29, 0.717) is 19.0 Å². The quantitative estimate of drug-likeness (QED) is 0.809. The van der Waals surface area contributed by atoms with Gasteiger partial charge in [-0.15, -0.1) is 0 Å². The van der Waals surface area contributed by atoms with Crippen LogP contribution in [-0.4, -0.2) is 18.1 Å². The van der Waals surface area contributed by atoms with Crippen molar-refractivity contribution in [3.8, 4) is 5.75 Å². The van der Waals surface area contributed by atoms with Crippen LogP contribution >= 0.6 is 0 Å². The molecule has 0 spiro atoms. The zero-order valence-electron chi connectivity index (χ0n) is 10.9. The number of pyridine rings is 1. The first-order valence-corrected chi connectivity index (χ1v) is 6.36. The molecule has 100 valence electrons. The number of anilines is 1. The Morgan fingerprint density at radius 3 is 2.79 bits per heavy atom. The van der Waals surface area contributed by atoms with Crippen molar-refractivity contribution in [2.24, 2.45) is 0 Å². The highest BCUT2D eigenvalue weighted by Gasteiger charge is 2.02. The molecule has 0 radical (unpaired) electrons. The molecule has 0 saturated carbocycles. The Balaban J connectivity index is 1.92. The second kappa shape index (κ2) is 6.73. The molecule has 0 unspecified atom stereocenters. The minimum absolute atomic E-state index is 0.472. The number of rotatable bonds is 6. The van der Waals surface area contributed by atoms with Crippen LogP contribution in [0.1, 0.15) is 12.5 Å². The summed E-state index contributed by atoms with van der Waals surface area (Å²) < 4.78 is 18.5. The molecule has 0 atom stereocenters. The van der Waals surface area contributed by atoms with Crippen LogP contribution in [0.2, 0.25) is 0 Å². The summed E-state index contributed by atoms with van der Waals surface area (Å²) in [5.74, 6) is 0.979. The molecular formula is C15H17FN2O. The number of nitrogens with zero attached hydrogens (tertiary/aromatic N) is 1. The van der Waals surface area contributed by atoms with Crippen LogP contribution in [0.4, 0.5) is 10.2 Å². The third-order valence-electron chi connectivity index (χ3n) is 2.69. The van der Waals surface area contributed by atoms with Gasteiger partial charge in [0.1, 0.15) is 11.6 Å². The third-order valence-corrected chi connectivity index (χ3v) is 2.69. The molecule has 0 aliphatic heterocycles. The number of para-hydroxylation sites is 1. The lowest BCUT2D eigenvalue weighted by atomic mass is 10.1. The predicted molar refractivity (Wildman–Crippen MR) is 74.0 cm³/mol. The average molecular weight is 260 g/mol. The molecule has 0 aliphatic carbocycles. The Hall–Kier alpha value is -2.10.